The number of hydrogen-bond donors (Lipinski definition) is 2. The fourth-order valence-corrected chi connectivity index (χ4v) is 2.28. The molecule has 3 nitrogen and oxygen atoms in total. The van der Waals surface area contributed by atoms with Crippen molar-refractivity contribution in [2.24, 2.45) is 0 Å². The molecule has 0 radical (unpaired) electrons. The van der Waals surface area contributed by atoms with Crippen LogP contribution in [-0.2, 0) is 0 Å². The normalized spacial score (nSPS) is 12.0. The summed E-state index contributed by atoms with van der Waals surface area (Å²) in [5, 5.41) is 11.4. The number of carbonyl (C=O) groups excluding carboxylic acids is 1. The Labute approximate surface area is 135 Å². The van der Waals surface area contributed by atoms with E-state index in [-0.39, 0.29) is 6.61 Å². The molecule has 2 rings (SSSR count). The van der Waals surface area contributed by atoms with Gasteiger partial charge < -0.3 is 10.4 Å². The van der Waals surface area contributed by atoms with E-state index in [4.69, 9.17) is 5.11 Å². The van der Waals surface area contributed by atoms with E-state index in [0.29, 0.717) is 24.5 Å². The van der Waals surface area contributed by atoms with Crippen LogP contribution in [0.2, 0.25) is 0 Å². The van der Waals surface area contributed by atoms with Gasteiger partial charge in [0.2, 0.25) is 0 Å². The molecular formula is C17H15F4NO2. The lowest BCUT2D eigenvalue weighted by atomic mass is 10.0. The van der Waals surface area contributed by atoms with Crippen molar-refractivity contribution in [3.63, 3.8) is 0 Å². The molecule has 0 saturated heterocycles. The Kier molecular flexibility index (Phi) is 5.92. The van der Waals surface area contributed by atoms with Crippen LogP contribution in [0.4, 0.5) is 17.6 Å². The zero-order valence-corrected chi connectivity index (χ0v) is 12.5. The van der Waals surface area contributed by atoms with E-state index >= 15 is 0 Å². The smallest absolute Gasteiger partial charge is 0.254 e. The van der Waals surface area contributed by atoms with Crippen molar-refractivity contribution in [2.45, 2.75) is 18.9 Å². The number of benzene rings is 2. The summed E-state index contributed by atoms with van der Waals surface area (Å²) < 4.78 is 53.2. The lowest BCUT2D eigenvalue weighted by Gasteiger charge is -2.19. The summed E-state index contributed by atoms with van der Waals surface area (Å²) in [5.74, 6) is -8.47. The van der Waals surface area contributed by atoms with Gasteiger partial charge >= 0.3 is 0 Å². The van der Waals surface area contributed by atoms with Crippen molar-refractivity contribution >= 4 is 5.91 Å². The van der Waals surface area contributed by atoms with Gasteiger partial charge in [0.15, 0.2) is 23.3 Å². The van der Waals surface area contributed by atoms with Gasteiger partial charge in [-0.3, -0.25) is 4.79 Å². The Morgan fingerprint density at radius 1 is 1.04 bits per heavy atom. The highest BCUT2D eigenvalue weighted by Gasteiger charge is 2.24. The van der Waals surface area contributed by atoms with Gasteiger partial charge in [0.25, 0.3) is 5.91 Å². The summed E-state index contributed by atoms with van der Waals surface area (Å²) in [6.07, 6.45) is 0.689. The van der Waals surface area contributed by atoms with Gasteiger partial charge in [0.1, 0.15) is 0 Å². The van der Waals surface area contributed by atoms with Gasteiger partial charge in [-0.15, -0.1) is 0 Å². The molecule has 0 aliphatic heterocycles. The summed E-state index contributed by atoms with van der Waals surface area (Å²) in [6, 6.07) is 8.36. The second kappa shape index (κ2) is 7.92. The van der Waals surface area contributed by atoms with Crippen LogP contribution in [0.1, 0.15) is 34.8 Å². The SMILES string of the molecule is O=C(NC(CCCO)c1ccccc1)c1cc(F)c(F)c(F)c1F. The highest BCUT2D eigenvalue weighted by molar-refractivity contribution is 5.94. The number of halogens is 4. The van der Waals surface area contributed by atoms with Gasteiger partial charge in [-0.1, -0.05) is 30.3 Å². The lowest BCUT2D eigenvalue weighted by Crippen LogP contribution is -2.30. The van der Waals surface area contributed by atoms with E-state index in [0.717, 1.165) is 0 Å². The van der Waals surface area contributed by atoms with E-state index in [1.54, 1.807) is 30.3 Å². The molecule has 2 aromatic carbocycles. The molecule has 2 N–H and O–H groups in total. The summed E-state index contributed by atoms with van der Waals surface area (Å²) >= 11 is 0. The molecular weight excluding hydrogens is 326 g/mol. The second-order valence-corrected chi connectivity index (χ2v) is 5.15. The Balaban J connectivity index is 2.28. The fourth-order valence-electron chi connectivity index (χ4n) is 2.28. The summed E-state index contributed by atoms with van der Waals surface area (Å²) in [7, 11) is 0. The van der Waals surface area contributed by atoms with Gasteiger partial charge in [0.05, 0.1) is 11.6 Å². The standard InChI is InChI=1S/C17H15F4NO2/c18-12-9-11(14(19)16(21)15(12)20)17(24)22-13(7-4-8-23)10-5-2-1-3-6-10/h1-3,5-6,9,13,23H,4,7-8H2,(H,22,24). The van der Waals surface area contributed by atoms with E-state index < -0.39 is 40.8 Å². The summed E-state index contributed by atoms with van der Waals surface area (Å²) in [6.45, 7) is -0.118. The third-order valence-corrected chi connectivity index (χ3v) is 3.51. The first-order valence-corrected chi connectivity index (χ1v) is 7.25. The predicted octanol–water partition coefficient (Wildman–Crippen LogP) is 3.49. The number of hydrogen-bond acceptors (Lipinski definition) is 2. The van der Waals surface area contributed by atoms with Crippen LogP contribution in [0.5, 0.6) is 0 Å². The monoisotopic (exact) mass is 341 g/mol. The number of rotatable bonds is 6. The van der Waals surface area contributed by atoms with Crippen molar-refractivity contribution in [2.75, 3.05) is 6.61 Å². The van der Waals surface area contributed by atoms with Crippen LogP contribution in [-0.4, -0.2) is 17.6 Å². The minimum absolute atomic E-state index is 0.118. The molecule has 7 heteroatoms. The molecule has 0 spiro atoms. The summed E-state index contributed by atoms with van der Waals surface area (Å²) in [4.78, 5) is 12.2. The molecule has 0 bridgehead atoms. The molecule has 1 amide bonds. The zero-order valence-electron chi connectivity index (χ0n) is 12.5. The highest BCUT2D eigenvalue weighted by atomic mass is 19.2. The van der Waals surface area contributed by atoms with E-state index in [1.807, 2.05) is 0 Å². The predicted molar refractivity (Wildman–Crippen MR) is 79.2 cm³/mol. The number of aliphatic hydroxyl groups excluding tert-OH is 1. The second-order valence-electron chi connectivity index (χ2n) is 5.15. The Bertz CT molecular complexity index is 722. The maximum atomic E-state index is 13.7. The topological polar surface area (TPSA) is 49.3 Å². The zero-order chi connectivity index (χ0) is 17.7. The van der Waals surface area contributed by atoms with E-state index in [2.05, 4.69) is 5.32 Å². The van der Waals surface area contributed by atoms with Gasteiger partial charge in [-0.2, -0.15) is 0 Å². The number of amides is 1. The first kappa shape index (κ1) is 17.9. The van der Waals surface area contributed by atoms with Crippen LogP contribution in [0, 0.1) is 23.3 Å². The van der Waals surface area contributed by atoms with Crippen molar-refractivity contribution in [3.05, 3.63) is 70.8 Å². The van der Waals surface area contributed by atoms with Crippen LogP contribution in [0.3, 0.4) is 0 Å². The number of aliphatic hydroxyl groups is 1. The van der Waals surface area contributed by atoms with Crippen LogP contribution in [0.15, 0.2) is 36.4 Å². The Hall–Kier alpha value is -2.41. The third kappa shape index (κ3) is 3.91. The van der Waals surface area contributed by atoms with Crippen LogP contribution >= 0.6 is 0 Å². The molecule has 1 unspecified atom stereocenters. The third-order valence-electron chi connectivity index (χ3n) is 3.51. The number of carbonyl (C=O) groups is 1. The molecule has 0 aromatic heterocycles. The highest BCUT2D eigenvalue weighted by Crippen LogP contribution is 2.22. The minimum Gasteiger partial charge on any atom is -0.396 e. The quantitative estimate of drug-likeness (QED) is 0.480. The first-order chi connectivity index (χ1) is 11.5. The number of nitrogens with one attached hydrogen (secondary N) is 1. The first-order valence-electron chi connectivity index (χ1n) is 7.25. The molecule has 0 aliphatic carbocycles. The Morgan fingerprint density at radius 3 is 2.33 bits per heavy atom. The van der Waals surface area contributed by atoms with Gasteiger partial charge in [-0.25, -0.2) is 17.6 Å². The van der Waals surface area contributed by atoms with Crippen LogP contribution < -0.4 is 5.32 Å². The molecule has 0 fully saturated rings. The molecule has 24 heavy (non-hydrogen) atoms. The average molecular weight is 341 g/mol. The maximum absolute atomic E-state index is 13.7. The molecule has 0 aliphatic rings. The van der Waals surface area contributed by atoms with E-state index in [1.165, 1.54) is 0 Å². The fraction of sp³-hybridized carbons (Fsp3) is 0.235. The van der Waals surface area contributed by atoms with E-state index in [9.17, 15) is 22.4 Å². The van der Waals surface area contributed by atoms with Crippen molar-refractivity contribution in [3.8, 4) is 0 Å². The average Bonchev–Trinajstić information content (AvgIpc) is 2.60. The molecule has 0 heterocycles. The minimum atomic E-state index is -2.04. The van der Waals surface area contributed by atoms with Gasteiger partial charge in [-0.05, 0) is 24.5 Å². The molecule has 0 saturated carbocycles. The largest absolute Gasteiger partial charge is 0.396 e. The molecule has 1 atom stereocenters. The van der Waals surface area contributed by atoms with Crippen molar-refractivity contribution in [1.29, 1.82) is 0 Å². The van der Waals surface area contributed by atoms with Gasteiger partial charge in [0, 0.05) is 6.61 Å². The lowest BCUT2D eigenvalue weighted by molar-refractivity contribution is 0.0926. The Morgan fingerprint density at radius 2 is 1.71 bits per heavy atom. The summed E-state index contributed by atoms with van der Waals surface area (Å²) in [5.41, 5.74) is -0.237. The van der Waals surface area contributed by atoms with Crippen LogP contribution in [0.25, 0.3) is 0 Å². The van der Waals surface area contributed by atoms with Crippen molar-refractivity contribution < 1.29 is 27.5 Å². The molecule has 2 aromatic rings. The van der Waals surface area contributed by atoms with Crippen molar-refractivity contribution in [1.82, 2.24) is 5.32 Å². The molecule has 128 valence electrons. The maximum Gasteiger partial charge on any atom is 0.254 e.